The van der Waals surface area contributed by atoms with Crippen LogP contribution >= 0.6 is 0 Å². The van der Waals surface area contributed by atoms with E-state index in [1.54, 1.807) is 12.3 Å². The van der Waals surface area contributed by atoms with Gasteiger partial charge in [0.25, 0.3) is 0 Å². The molecule has 3 aromatic rings. The standard InChI is InChI=1S/C22H28FN5/c1-13-8-14(23)9-16-17(12-25-19(13)16)18-6-7-24-20(27-18)26-15-10-21(2,3)28-22(4,5)11-15/h6-9,12,15,25,28H,10-11H2,1-5H3,(H,24,26,27). The van der Waals surface area contributed by atoms with Gasteiger partial charge in [-0.25, -0.2) is 14.4 Å². The number of aromatic nitrogens is 3. The molecule has 0 bridgehead atoms. The summed E-state index contributed by atoms with van der Waals surface area (Å²) in [4.78, 5) is 12.4. The van der Waals surface area contributed by atoms with Gasteiger partial charge in [0.2, 0.25) is 5.95 Å². The number of H-pyrrole nitrogens is 1. The van der Waals surface area contributed by atoms with Crippen LogP contribution in [0.1, 0.15) is 46.1 Å². The molecular weight excluding hydrogens is 353 g/mol. The lowest BCUT2D eigenvalue weighted by Gasteiger charge is -2.46. The number of rotatable bonds is 3. The Morgan fingerprint density at radius 3 is 2.57 bits per heavy atom. The van der Waals surface area contributed by atoms with Crippen LogP contribution in [0.25, 0.3) is 22.2 Å². The molecule has 3 heterocycles. The van der Waals surface area contributed by atoms with E-state index in [-0.39, 0.29) is 22.9 Å². The Hall–Kier alpha value is -2.47. The maximum Gasteiger partial charge on any atom is 0.223 e. The van der Waals surface area contributed by atoms with Crippen molar-refractivity contribution < 1.29 is 4.39 Å². The van der Waals surface area contributed by atoms with Gasteiger partial charge < -0.3 is 15.6 Å². The Bertz CT molecular complexity index is 1000. The number of fused-ring (bicyclic) bond motifs is 1. The van der Waals surface area contributed by atoms with Crippen LogP contribution in [0, 0.1) is 12.7 Å². The lowest BCUT2D eigenvalue weighted by molar-refractivity contribution is 0.170. The summed E-state index contributed by atoms with van der Waals surface area (Å²) in [6.45, 7) is 10.8. The van der Waals surface area contributed by atoms with Gasteiger partial charge in [0, 0.05) is 46.0 Å². The van der Waals surface area contributed by atoms with Crippen molar-refractivity contribution in [3.8, 4) is 11.3 Å². The van der Waals surface area contributed by atoms with Crippen LogP contribution in [0.4, 0.5) is 10.3 Å². The maximum absolute atomic E-state index is 13.9. The summed E-state index contributed by atoms with van der Waals surface area (Å²) in [5.41, 5.74) is 3.57. The first-order valence-electron chi connectivity index (χ1n) is 9.78. The predicted molar refractivity (Wildman–Crippen MR) is 112 cm³/mol. The SMILES string of the molecule is Cc1cc(F)cc2c(-c3ccnc(NC4CC(C)(C)NC(C)(C)C4)n3)c[nH]c12. The number of benzene rings is 1. The predicted octanol–water partition coefficient (Wildman–Crippen LogP) is 4.79. The zero-order chi connectivity index (χ0) is 20.1. The van der Waals surface area contributed by atoms with E-state index in [4.69, 9.17) is 4.98 Å². The summed E-state index contributed by atoms with van der Waals surface area (Å²) < 4.78 is 13.9. The smallest absolute Gasteiger partial charge is 0.223 e. The normalized spacial score (nSPS) is 19.1. The minimum atomic E-state index is -0.238. The van der Waals surface area contributed by atoms with Crippen LogP contribution in [0.2, 0.25) is 0 Å². The van der Waals surface area contributed by atoms with E-state index in [1.165, 1.54) is 6.07 Å². The second kappa shape index (κ2) is 6.55. The van der Waals surface area contributed by atoms with Gasteiger partial charge >= 0.3 is 0 Å². The largest absolute Gasteiger partial charge is 0.360 e. The average molecular weight is 381 g/mol. The molecular formula is C22H28FN5. The zero-order valence-electron chi connectivity index (χ0n) is 17.2. The van der Waals surface area contributed by atoms with Crippen molar-refractivity contribution in [3.05, 3.63) is 42.0 Å². The van der Waals surface area contributed by atoms with Crippen molar-refractivity contribution in [2.75, 3.05) is 5.32 Å². The van der Waals surface area contributed by atoms with Crippen molar-refractivity contribution in [1.29, 1.82) is 0 Å². The van der Waals surface area contributed by atoms with E-state index in [0.29, 0.717) is 5.95 Å². The van der Waals surface area contributed by atoms with Crippen molar-refractivity contribution in [2.45, 2.75) is 64.6 Å². The first-order chi connectivity index (χ1) is 13.1. The Labute approximate surface area is 165 Å². The Balaban J connectivity index is 1.64. The molecule has 148 valence electrons. The summed E-state index contributed by atoms with van der Waals surface area (Å²) in [5, 5.41) is 8.05. The Morgan fingerprint density at radius 2 is 1.86 bits per heavy atom. The highest BCUT2D eigenvalue weighted by Gasteiger charge is 2.37. The highest BCUT2D eigenvalue weighted by molar-refractivity contribution is 5.96. The third-order valence-corrected chi connectivity index (χ3v) is 5.41. The van der Waals surface area contributed by atoms with Crippen LogP contribution in [0.15, 0.2) is 30.6 Å². The molecule has 2 aromatic heterocycles. The molecule has 6 heteroatoms. The summed E-state index contributed by atoms with van der Waals surface area (Å²) in [5.74, 6) is 0.371. The van der Waals surface area contributed by atoms with E-state index >= 15 is 0 Å². The fourth-order valence-corrected chi connectivity index (χ4v) is 4.77. The monoisotopic (exact) mass is 381 g/mol. The molecule has 1 aliphatic rings. The molecule has 3 N–H and O–H groups in total. The third-order valence-electron chi connectivity index (χ3n) is 5.41. The second-order valence-corrected chi connectivity index (χ2v) is 9.26. The first kappa shape index (κ1) is 18.9. The van der Waals surface area contributed by atoms with E-state index in [1.807, 2.05) is 19.2 Å². The molecule has 0 spiro atoms. The van der Waals surface area contributed by atoms with Crippen LogP contribution < -0.4 is 10.6 Å². The molecule has 28 heavy (non-hydrogen) atoms. The van der Waals surface area contributed by atoms with E-state index in [0.717, 1.165) is 40.6 Å². The number of hydrogen-bond acceptors (Lipinski definition) is 4. The van der Waals surface area contributed by atoms with Gasteiger partial charge in [-0.3, -0.25) is 0 Å². The quantitative estimate of drug-likeness (QED) is 0.610. The Kier molecular flexibility index (Phi) is 4.42. The molecule has 1 fully saturated rings. The highest BCUT2D eigenvalue weighted by atomic mass is 19.1. The molecule has 5 nitrogen and oxygen atoms in total. The van der Waals surface area contributed by atoms with Crippen molar-refractivity contribution >= 4 is 16.9 Å². The van der Waals surface area contributed by atoms with Crippen LogP contribution in [0.5, 0.6) is 0 Å². The Morgan fingerprint density at radius 1 is 1.14 bits per heavy atom. The lowest BCUT2D eigenvalue weighted by atomic mass is 9.80. The lowest BCUT2D eigenvalue weighted by Crippen LogP contribution is -2.60. The zero-order valence-corrected chi connectivity index (χ0v) is 17.2. The fourth-order valence-electron chi connectivity index (χ4n) is 4.77. The molecule has 0 atom stereocenters. The number of nitrogens with one attached hydrogen (secondary N) is 3. The molecule has 0 amide bonds. The molecule has 1 saturated heterocycles. The van der Waals surface area contributed by atoms with Gasteiger partial charge in [0.1, 0.15) is 5.82 Å². The number of aryl methyl sites for hydroxylation is 1. The molecule has 0 unspecified atom stereocenters. The number of piperidine rings is 1. The first-order valence-corrected chi connectivity index (χ1v) is 9.78. The van der Waals surface area contributed by atoms with Crippen LogP contribution in [-0.4, -0.2) is 32.1 Å². The van der Waals surface area contributed by atoms with Gasteiger partial charge in [-0.05, 0) is 71.2 Å². The van der Waals surface area contributed by atoms with Crippen molar-refractivity contribution in [1.82, 2.24) is 20.3 Å². The third kappa shape index (κ3) is 3.74. The van der Waals surface area contributed by atoms with Crippen molar-refractivity contribution in [3.63, 3.8) is 0 Å². The van der Waals surface area contributed by atoms with Crippen molar-refractivity contribution in [2.24, 2.45) is 0 Å². The second-order valence-electron chi connectivity index (χ2n) is 9.26. The van der Waals surface area contributed by atoms with E-state index in [2.05, 4.69) is 48.3 Å². The summed E-state index contributed by atoms with van der Waals surface area (Å²) in [6, 6.07) is 5.24. The molecule has 0 saturated carbocycles. The topological polar surface area (TPSA) is 65.6 Å². The molecule has 0 aliphatic carbocycles. The summed E-state index contributed by atoms with van der Waals surface area (Å²) in [7, 11) is 0. The summed E-state index contributed by atoms with van der Waals surface area (Å²) >= 11 is 0. The number of hydrogen-bond donors (Lipinski definition) is 3. The minimum Gasteiger partial charge on any atom is -0.360 e. The van der Waals surface area contributed by atoms with Gasteiger partial charge in [-0.2, -0.15) is 0 Å². The molecule has 0 radical (unpaired) electrons. The number of anilines is 1. The number of nitrogens with zero attached hydrogens (tertiary/aromatic N) is 2. The average Bonchev–Trinajstić information content (AvgIpc) is 2.96. The van der Waals surface area contributed by atoms with Crippen LogP contribution in [0.3, 0.4) is 0 Å². The van der Waals surface area contributed by atoms with Gasteiger partial charge in [0.05, 0.1) is 5.69 Å². The minimum absolute atomic E-state index is 0.0446. The summed E-state index contributed by atoms with van der Waals surface area (Å²) in [6.07, 6.45) is 5.62. The highest BCUT2D eigenvalue weighted by Crippen LogP contribution is 2.32. The number of halogens is 1. The fraction of sp³-hybridized carbons (Fsp3) is 0.455. The number of aromatic amines is 1. The molecule has 1 aliphatic heterocycles. The molecule has 4 rings (SSSR count). The van der Waals surface area contributed by atoms with Gasteiger partial charge in [-0.1, -0.05) is 0 Å². The maximum atomic E-state index is 13.9. The van der Waals surface area contributed by atoms with E-state index < -0.39 is 0 Å². The van der Waals surface area contributed by atoms with Gasteiger partial charge in [0.15, 0.2) is 0 Å². The van der Waals surface area contributed by atoms with E-state index in [9.17, 15) is 4.39 Å². The molecule has 1 aromatic carbocycles. The van der Waals surface area contributed by atoms with Crippen LogP contribution in [-0.2, 0) is 0 Å². The van der Waals surface area contributed by atoms with Gasteiger partial charge in [-0.15, -0.1) is 0 Å².